The van der Waals surface area contributed by atoms with Crippen LogP contribution in [-0.4, -0.2) is 16.8 Å². The summed E-state index contributed by atoms with van der Waals surface area (Å²) in [4.78, 5) is 12.1. The van der Waals surface area contributed by atoms with Crippen LogP contribution in [0, 0.1) is 0 Å². The van der Waals surface area contributed by atoms with Gasteiger partial charge in [-0.3, -0.25) is 4.79 Å². The Labute approximate surface area is 189 Å². The molecule has 0 aliphatic carbocycles. The van der Waals surface area contributed by atoms with E-state index in [4.69, 9.17) is 5.73 Å². The molecule has 33 heavy (non-hydrogen) atoms. The average Bonchev–Trinajstić information content (AvgIpc) is 3.07. The van der Waals surface area contributed by atoms with E-state index < -0.39 is 12.3 Å². The van der Waals surface area contributed by atoms with Crippen molar-refractivity contribution >= 4 is 27.7 Å². The molecule has 3 aromatic carbocycles. The predicted octanol–water partition coefficient (Wildman–Crippen LogP) is 6.57. The Bertz CT molecular complexity index is 1310. The molecular formula is C26H25F3N2O2. The molecule has 1 aromatic heterocycles. The van der Waals surface area contributed by atoms with Crippen LogP contribution in [0.1, 0.15) is 47.7 Å². The fourth-order valence-electron chi connectivity index (χ4n) is 4.33. The van der Waals surface area contributed by atoms with E-state index in [2.05, 4.69) is 17.7 Å². The predicted molar refractivity (Wildman–Crippen MR) is 123 cm³/mol. The molecule has 0 spiro atoms. The molecule has 0 fully saturated rings. The zero-order valence-corrected chi connectivity index (χ0v) is 18.3. The van der Waals surface area contributed by atoms with Gasteiger partial charge in [0.2, 0.25) is 5.91 Å². The molecule has 1 heterocycles. The molecule has 0 saturated carbocycles. The molecule has 0 aliphatic heterocycles. The molecule has 172 valence electrons. The largest absolute Gasteiger partial charge is 0.573 e. The van der Waals surface area contributed by atoms with Gasteiger partial charge in [-0.05, 0) is 42.7 Å². The Hall–Kier alpha value is -3.48. The second kappa shape index (κ2) is 9.17. The Morgan fingerprint density at radius 3 is 2.52 bits per heavy atom. The maximum atomic E-state index is 13.0. The van der Waals surface area contributed by atoms with Crippen LogP contribution in [-0.2, 0) is 13.0 Å². The summed E-state index contributed by atoms with van der Waals surface area (Å²) in [5, 5.41) is 1.54. The number of alkyl halides is 3. The number of nitrogens with two attached hydrogens (primary N) is 1. The van der Waals surface area contributed by atoms with Gasteiger partial charge in [0.05, 0.1) is 12.1 Å². The highest BCUT2D eigenvalue weighted by Gasteiger charge is 2.32. The van der Waals surface area contributed by atoms with Crippen molar-refractivity contribution in [3.8, 4) is 5.75 Å². The van der Waals surface area contributed by atoms with Gasteiger partial charge in [-0.1, -0.05) is 56.2 Å². The second-order valence-corrected chi connectivity index (χ2v) is 8.11. The number of nitrogens with zero attached hydrogens (tertiary/aromatic N) is 1. The lowest BCUT2D eigenvalue weighted by atomic mass is 10.0. The molecular weight excluding hydrogens is 429 g/mol. The van der Waals surface area contributed by atoms with E-state index in [0.29, 0.717) is 16.5 Å². The van der Waals surface area contributed by atoms with Crippen molar-refractivity contribution in [2.45, 2.75) is 45.5 Å². The van der Waals surface area contributed by atoms with Crippen molar-refractivity contribution in [1.29, 1.82) is 0 Å². The number of aryl methyl sites for hydroxylation is 1. The van der Waals surface area contributed by atoms with E-state index in [9.17, 15) is 18.0 Å². The van der Waals surface area contributed by atoms with Crippen LogP contribution in [0.2, 0.25) is 0 Å². The minimum absolute atomic E-state index is 0.146. The average molecular weight is 454 g/mol. The molecule has 4 aromatic rings. The number of halogens is 3. The van der Waals surface area contributed by atoms with E-state index >= 15 is 0 Å². The minimum atomic E-state index is -4.79. The number of hydrogen-bond acceptors (Lipinski definition) is 2. The zero-order valence-electron chi connectivity index (χ0n) is 18.3. The van der Waals surface area contributed by atoms with Crippen molar-refractivity contribution in [2.24, 2.45) is 5.73 Å². The molecule has 7 heteroatoms. The molecule has 0 unspecified atom stereocenters. The van der Waals surface area contributed by atoms with Gasteiger partial charge < -0.3 is 15.0 Å². The summed E-state index contributed by atoms with van der Waals surface area (Å²) < 4.78 is 45.1. The number of hydrogen-bond donors (Lipinski definition) is 1. The number of unbranched alkanes of at least 4 members (excludes halogenated alkanes) is 2. The lowest BCUT2D eigenvalue weighted by Gasteiger charge is -2.15. The number of rotatable bonds is 8. The number of amides is 1. The number of carbonyl (C=O) groups is 1. The summed E-state index contributed by atoms with van der Waals surface area (Å²) in [6.45, 7) is 2.29. The number of ether oxygens (including phenoxy) is 1. The summed E-state index contributed by atoms with van der Waals surface area (Å²) >= 11 is 0. The topological polar surface area (TPSA) is 57.2 Å². The van der Waals surface area contributed by atoms with E-state index in [1.807, 2.05) is 22.8 Å². The van der Waals surface area contributed by atoms with Crippen LogP contribution in [0.25, 0.3) is 21.8 Å². The first-order chi connectivity index (χ1) is 15.8. The van der Waals surface area contributed by atoms with Crippen LogP contribution in [0.5, 0.6) is 5.75 Å². The number of primary amides is 1. The second-order valence-electron chi connectivity index (χ2n) is 8.11. The lowest BCUT2D eigenvalue weighted by molar-refractivity contribution is -0.274. The standard InChI is InChI=1S/C26H25F3N2O2/c1-2-3-4-8-17-13-14-19-22(15-17)31(21-11-7-10-20(24(19)21)25(30)32)16-18-9-5-6-12-23(18)33-26(27,28)29/h5-7,9-15H,2-4,8,16H2,1H3,(H2,30,32). The Kier molecular flexibility index (Phi) is 6.31. The molecule has 0 aliphatic rings. The van der Waals surface area contributed by atoms with Crippen LogP contribution < -0.4 is 10.5 Å². The SMILES string of the molecule is CCCCCc1ccc2c3c(C(N)=O)cccc3n(Cc3ccccc3OC(F)(F)F)c2c1. The highest BCUT2D eigenvalue weighted by molar-refractivity contribution is 6.18. The van der Waals surface area contributed by atoms with Crippen molar-refractivity contribution in [3.63, 3.8) is 0 Å². The molecule has 0 atom stereocenters. The fourth-order valence-corrected chi connectivity index (χ4v) is 4.33. The van der Waals surface area contributed by atoms with Crippen LogP contribution in [0.4, 0.5) is 13.2 Å². The van der Waals surface area contributed by atoms with E-state index in [1.165, 1.54) is 12.1 Å². The Morgan fingerprint density at radius 1 is 1.00 bits per heavy atom. The Balaban J connectivity index is 1.90. The van der Waals surface area contributed by atoms with Gasteiger partial charge in [0.1, 0.15) is 5.75 Å². The third-order valence-electron chi connectivity index (χ3n) is 5.82. The third-order valence-corrected chi connectivity index (χ3v) is 5.82. The summed E-state index contributed by atoms with van der Waals surface area (Å²) in [7, 11) is 0. The normalized spacial score (nSPS) is 11.9. The number of benzene rings is 3. The van der Waals surface area contributed by atoms with Gasteiger partial charge in [0.25, 0.3) is 0 Å². The lowest BCUT2D eigenvalue weighted by Crippen LogP contribution is -2.18. The fraction of sp³-hybridized carbons (Fsp3) is 0.269. The van der Waals surface area contributed by atoms with E-state index in [-0.39, 0.29) is 12.3 Å². The highest BCUT2D eigenvalue weighted by Crippen LogP contribution is 2.35. The van der Waals surface area contributed by atoms with Gasteiger partial charge in [0, 0.05) is 27.4 Å². The van der Waals surface area contributed by atoms with Gasteiger partial charge in [0.15, 0.2) is 0 Å². The van der Waals surface area contributed by atoms with Crippen molar-refractivity contribution in [2.75, 3.05) is 0 Å². The number of carbonyl (C=O) groups excluding carboxylic acids is 1. The van der Waals surface area contributed by atoms with Gasteiger partial charge in [-0.15, -0.1) is 13.2 Å². The molecule has 0 saturated heterocycles. The number of aromatic nitrogens is 1. The van der Waals surface area contributed by atoms with Crippen molar-refractivity contribution in [1.82, 2.24) is 4.57 Å². The van der Waals surface area contributed by atoms with E-state index in [1.54, 1.807) is 24.3 Å². The summed E-state index contributed by atoms with van der Waals surface area (Å²) in [6, 6.07) is 17.4. The molecule has 0 radical (unpaired) electrons. The molecule has 0 bridgehead atoms. The highest BCUT2D eigenvalue weighted by atomic mass is 19.4. The molecule has 2 N–H and O–H groups in total. The molecule has 1 amide bonds. The van der Waals surface area contributed by atoms with Gasteiger partial charge in [-0.2, -0.15) is 0 Å². The zero-order chi connectivity index (χ0) is 23.6. The quantitative estimate of drug-likeness (QED) is 0.306. The first-order valence-corrected chi connectivity index (χ1v) is 11.0. The van der Waals surface area contributed by atoms with Crippen LogP contribution in [0.3, 0.4) is 0 Å². The first-order valence-electron chi connectivity index (χ1n) is 11.0. The smallest absolute Gasteiger partial charge is 0.405 e. The number of fused-ring (bicyclic) bond motifs is 3. The Morgan fingerprint density at radius 2 is 1.79 bits per heavy atom. The molecule has 4 rings (SSSR count). The van der Waals surface area contributed by atoms with Crippen LogP contribution in [0.15, 0.2) is 60.7 Å². The summed E-state index contributed by atoms with van der Waals surface area (Å²) in [6.07, 6.45) is -0.600. The monoisotopic (exact) mass is 454 g/mol. The number of para-hydroxylation sites is 1. The van der Waals surface area contributed by atoms with Crippen molar-refractivity contribution < 1.29 is 22.7 Å². The van der Waals surface area contributed by atoms with Crippen molar-refractivity contribution in [3.05, 3.63) is 77.4 Å². The minimum Gasteiger partial charge on any atom is -0.405 e. The maximum absolute atomic E-state index is 13.0. The summed E-state index contributed by atoms with van der Waals surface area (Å²) in [5.41, 5.74) is 9.12. The summed E-state index contributed by atoms with van der Waals surface area (Å²) in [5.74, 6) is -0.794. The third kappa shape index (κ3) is 4.82. The molecule has 4 nitrogen and oxygen atoms in total. The van der Waals surface area contributed by atoms with Gasteiger partial charge in [-0.25, -0.2) is 0 Å². The van der Waals surface area contributed by atoms with E-state index in [0.717, 1.165) is 47.7 Å². The first kappa shape index (κ1) is 22.7. The maximum Gasteiger partial charge on any atom is 0.573 e. The van der Waals surface area contributed by atoms with Gasteiger partial charge >= 0.3 is 6.36 Å². The van der Waals surface area contributed by atoms with Crippen LogP contribution >= 0.6 is 0 Å².